The van der Waals surface area contributed by atoms with E-state index in [1.807, 2.05) is 0 Å². The minimum atomic E-state index is -3.57. The van der Waals surface area contributed by atoms with E-state index in [0.717, 1.165) is 25.7 Å². The van der Waals surface area contributed by atoms with Gasteiger partial charge in [0.15, 0.2) is 0 Å². The Morgan fingerprint density at radius 3 is 2.50 bits per heavy atom. The van der Waals surface area contributed by atoms with Gasteiger partial charge in [-0.2, -0.15) is 8.42 Å². The molecule has 0 saturated heterocycles. The molecule has 0 atom stereocenters. The second kappa shape index (κ2) is 6.66. The van der Waals surface area contributed by atoms with Crippen molar-refractivity contribution in [1.82, 2.24) is 0 Å². The smallest absolute Gasteiger partial charge is 0.266 e. The molecule has 0 aromatic heterocycles. The lowest BCUT2D eigenvalue weighted by Gasteiger charge is -2.04. The molecule has 1 radical (unpaired) electrons. The third-order valence-corrected chi connectivity index (χ3v) is 3.54. The van der Waals surface area contributed by atoms with Crippen LogP contribution in [0.3, 0.4) is 0 Å². The monoisotopic (exact) mass is 241 g/mol. The summed E-state index contributed by atoms with van der Waals surface area (Å²) in [6, 6.07) is 8.87. The van der Waals surface area contributed by atoms with Gasteiger partial charge < -0.3 is 0 Å². The van der Waals surface area contributed by atoms with Gasteiger partial charge in [-0.25, -0.2) is 0 Å². The summed E-state index contributed by atoms with van der Waals surface area (Å²) in [5.41, 5.74) is 0. The predicted molar refractivity (Wildman–Crippen MR) is 62.6 cm³/mol. The summed E-state index contributed by atoms with van der Waals surface area (Å²) in [6.45, 7) is 2.37. The number of unbranched alkanes of at least 4 members (excludes halogenated alkanes) is 3. The third-order valence-electron chi connectivity index (χ3n) is 2.21. The largest absolute Gasteiger partial charge is 0.296 e. The van der Waals surface area contributed by atoms with Crippen LogP contribution in [0.5, 0.6) is 0 Å². The highest BCUT2D eigenvalue weighted by Gasteiger charge is 2.13. The van der Waals surface area contributed by atoms with E-state index in [4.69, 9.17) is 4.18 Å². The molecule has 16 heavy (non-hydrogen) atoms. The first-order valence-corrected chi connectivity index (χ1v) is 6.93. The summed E-state index contributed by atoms with van der Waals surface area (Å²) < 4.78 is 28.2. The molecule has 0 N–H and O–H groups in total. The molecule has 0 aliphatic heterocycles. The molecule has 0 aliphatic rings. The maximum atomic E-state index is 11.6. The zero-order valence-electron chi connectivity index (χ0n) is 9.48. The summed E-state index contributed by atoms with van der Waals surface area (Å²) in [6.07, 6.45) is 4.03. The molecule has 0 heterocycles. The predicted octanol–water partition coefficient (Wildman–Crippen LogP) is 2.77. The molecule has 0 saturated carbocycles. The first-order chi connectivity index (χ1) is 7.67. The Labute approximate surface area is 97.6 Å². The minimum Gasteiger partial charge on any atom is -0.266 e. The van der Waals surface area contributed by atoms with E-state index in [0.29, 0.717) is 0 Å². The van der Waals surface area contributed by atoms with Crippen molar-refractivity contribution in [3.8, 4) is 0 Å². The fourth-order valence-electron chi connectivity index (χ4n) is 1.30. The van der Waals surface area contributed by atoms with Crippen LogP contribution >= 0.6 is 0 Å². The number of benzene rings is 1. The van der Waals surface area contributed by atoms with Crippen molar-refractivity contribution in [2.24, 2.45) is 0 Å². The Bertz CT molecular complexity index is 384. The highest BCUT2D eigenvalue weighted by Crippen LogP contribution is 2.11. The molecule has 0 fully saturated rings. The first kappa shape index (κ1) is 13.2. The number of hydrogen-bond acceptors (Lipinski definition) is 3. The highest BCUT2D eigenvalue weighted by molar-refractivity contribution is 7.86. The second-order valence-electron chi connectivity index (χ2n) is 3.57. The van der Waals surface area contributed by atoms with Crippen LogP contribution in [0.25, 0.3) is 0 Å². The van der Waals surface area contributed by atoms with Crippen LogP contribution in [0.1, 0.15) is 32.6 Å². The van der Waals surface area contributed by atoms with Gasteiger partial charge in [-0.3, -0.25) is 4.18 Å². The molecule has 0 unspecified atom stereocenters. The average Bonchev–Trinajstić information content (AvgIpc) is 2.30. The molecule has 1 aromatic carbocycles. The maximum absolute atomic E-state index is 11.6. The summed E-state index contributed by atoms with van der Waals surface area (Å²) in [5, 5.41) is 0. The molecule has 1 aromatic rings. The quantitative estimate of drug-likeness (QED) is 0.544. The van der Waals surface area contributed by atoms with Crippen molar-refractivity contribution < 1.29 is 12.6 Å². The molecule has 1 rings (SSSR count). The van der Waals surface area contributed by atoms with Crippen molar-refractivity contribution in [1.29, 1.82) is 0 Å². The lowest BCUT2D eigenvalue weighted by Crippen LogP contribution is -2.07. The molecular formula is C12H17O3S. The van der Waals surface area contributed by atoms with Gasteiger partial charge >= 0.3 is 0 Å². The molecule has 3 nitrogen and oxygen atoms in total. The van der Waals surface area contributed by atoms with Gasteiger partial charge in [-0.05, 0) is 24.6 Å². The van der Waals surface area contributed by atoms with E-state index in [1.165, 1.54) is 12.1 Å². The Morgan fingerprint density at radius 2 is 1.88 bits per heavy atom. The van der Waals surface area contributed by atoms with Crippen LogP contribution in [0.15, 0.2) is 29.2 Å². The first-order valence-electron chi connectivity index (χ1n) is 5.52. The number of rotatable bonds is 7. The van der Waals surface area contributed by atoms with Crippen LogP contribution in [0.4, 0.5) is 0 Å². The SMILES string of the molecule is CCCCCCOS(=O)(=O)c1cc[c]cc1. The Hall–Kier alpha value is -0.870. The van der Waals surface area contributed by atoms with Gasteiger partial charge in [0, 0.05) is 0 Å². The van der Waals surface area contributed by atoms with Crippen molar-refractivity contribution in [3.63, 3.8) is 0 Å². The van der Waals surface area contributed by atoms with Crippen LogP contribution in [-0.4, -0.2) is 15.0 Å². The summed E-state index contributed by atoms with van der Waals surface area (Å²) in [7, 11) is -3.57. The molecule has 0 aliphatic carbocycles. The maximum Gasteiger partial charge on any atom is 0.296 e. The van der Waals surface area contributed by atoms with Gasteiger partial charge in [0.05, 0.1) is 11.5 Å². The molecule has 89 valence electrons. The van der Waals surface area contributed by atoms with Crippen molar-refractivity contribution in [2.75, 3.05) is 6.61 Å². The topological polar surface area (TPSA) is 43.4 Å². The van der Waals surface area contributed by atoms with Crippen LogP contribution in [0.2, 0.25) is 0 Å². The van der Waals surface area contributed by atoms with E-state index in [9.17, 15) is 8.42 Å². The Balaban J connectivity index is 2.41. The van der Waals surface area contributed by atoms with E-state index < -0.39 is 10.1 Å². The fourth-order valence-corrected chi connectivity index (χ4v) is 2.25. The molecule has 4 heteroatoms. The van der Waals surface area contributed by atoms with E-state index in [-0.39, 0.29) is 11.5 Å². The zero-order chi connectivity index (χ0) is 11.9. The van der Waals surface area contributed by atoms with E-state index in [2.05, 4.69) is 13.0 Å². The van der Waals surface area contributed by atoms with Crippen LogP contribution in [-0.2, 0) is 14.3 Å². The van der Waals surface area contributed by atoms with E-state index in [1.54, 1.807) is 12.1 Å². The Kier molecular flexibility index (Phi) is 5.49. The standard InChI is InChI=1S/C12H17O3S/c1-2-3-4-8-11-15-16(13,14)12-9-6-5-7-10-12/h6-7,9-10H,2-4,8,11H2,1H3. The van der Waals surface area contributed by atoms with Gasteiger partial charge in [0.25, 0.3) is 10.1 Å². The molecule has 0 amide bonds. The summed E-state index contributed by atoms with van der Waals surface area (Å²) >= 11 is 0. The lowest BCUT2D eigenvalue weighted by atomic mass is 10.2. The van der Waals surface area contributed by atoms with Crippen molar-refractivity contribution >= 4 is 10.1 Å². The van der Waals surface area contributed by atoms with Crippen LogP contribution in [0, 0.1) is 6.07 Å². The van der Waals surface area contributed by atoms with E-state index >= 15 is 0 Å². The van der Waals surface area contributed by atoms with Crippen molar-refractivity contribution in [3.05, 3.63) is 30.3 Å². The molecular weight excluding hydrogens is 224 g/mol. The fraction of sp³-hybridized carbons (Fsp3) is 0.500. The second-order valence-corrected chi connectivity index (χ2v) is 5.19. The molecule has 0 bridgehead atoms. The highest BCUT2D eigenvalue weighted by atomic mass is 32.2. The zero-order valence-corrected chi connectivity index (χ0v) is 10.3. The average molecular weight is 241 g/mol. The van der Waals surface area contributed by atoms with Gasteiger partial charge in [0.1, 0.15) is 0 Å². The normalized spacial score (nSPS) is 11.6. The number of hydrogen-bond donors (Lipinski definition) is 0. The Morgan fingerprint density at radius 1 is 1.19 bits per heavy atom. The minimum absolute atomic E-state index is 0.196. The third kappa shape index (κ3) is 4.33. The van der Waals surface area contributed by atoms with Crippen LogP contribution < -0.4 is 0 Å². The van der Waals surface area contributed by atoms with Gasteiger partial charge in [-0.1, -0.05) is 38.3 Å². The van der Waals surface area contributed by atoms with Gasteiger partial charge in [-0.15, -0.1) is 0 Å². The lowest BCUT2D eigenvalue weighted by molar-refractivity contribution is 0.307. The molecule has 0 spiro atoms. The summed E-state index contributed by atoms with van der Waals surface area (Å²) in [4.78, 5) is 0.196. The van der Waals surface area contributed by atoms with Crippen molar-refractivity contribution in [2.45, 2.75) is 37.5 Å². The van der Waals surface area contributed by atoms with Gasteiger partial charge in [0.2, 0.25) is 0 Å². The summed E-state index contributed by atoms with van der Waals surface area (Å²) in [5.74, 6) is 0.